The van der Waals surface area contributed by atoms with Gasteiger partial charge in [-0.05, 0) is 25.3 Å². The molecule has 1 saturated carbocycles. The van der Waals surface area contributed by atoms with Gasteiger partial charge >= 0.3 is 0 Å². The van der Waals surface area contributed by atoms with Gasteiger partial charge in [-0.25, -0.2) is 0 Å². The van der Waals surface area contributed by atoms with Crippen LogP contribution in [0.5, 0.6) is 0 Å². The molecule has 0 aromatic heterocycles. The second kappa shape index (κ2) is 4.77. The summed E-state index contributed by atoms with van der Waals surface area (Å²) in [5.74, 6) is 0. The van der Waals surface area contributed by atoms with Gasteiger partial charge < -0.3 is 11.1 Å². The van der Waals surface area contributed by atoms with Gasteiger partial charge in [-0.15, -0.1) is 0 Å². The highest BCUT2D eigenvalue weighted by molar-refractivity contribution is 5.18. The molecule has 3 N–H and O–H groups in total. The fourth-order valence-corrected chi connectivity index (χ4v) is 2.35. The van der Waals surface area contributed by atoms with Crippen LogP contribution in [-0.2, 0) is 0 Å². The van der Waals surface area contributed by atoms with Gasteiger partial charge in [-0.1, -0.05) is 36.8 Å². The van der Waals surface area contributed by atoms with Gasteiger partial charge in [0.1, 0.15) is 0 Å². The van der Waals surface area contributed by atoms with Crippen LogP contribution in [0, 0.1) is 0 Å². The average molecular weight is 204 g/mol. The molecule has 1 fully saturated rings. The molecule has 3 unspecified atom stereocenters. The van der Waals surface area contributed by atoms with Crippen molar-refractivity contribution in [3.05, 3.63) is 35.9 Å². The number of hydrogen-bond donors (Lipinski definition) is 2. The van der Waals surface area contributed by atoms with Gasteiger partial charge in [0.25, 0.3) is 0 Å². The first-order chi connectivity index (χ1) is 7.27. The molecule has 2 nitrogen and oxygen atoms in total. The minimum atomic E-state index is 0.344. The van der Waals surface area contributed by atoms with Crippen LogP contribution < -0.4 is 11.1 Å². The van der Waals surface area contributed by atoms with E-state index in [4.69, 9.17) is 5.73 Å². The zero-order chi connectivity index (χ0) is 10.7. The van der Waals surface area contributed by atoms with Crippen molar-refractivity contribution in [1.82, 2.24) is 5.32 Å². The van der Waals surface area contributed by atoms with E-state index in [2.05, 4.69) is 42.6 Å². The standard InChI is InChI=1S/C13H20N2/c1-10(11-6-3-2-4-7-11)15-13-9-5-8-12(13)14/h2-4,6-7,10,12-13,15H,5,8-9,14H2,1H3. The van der Waals surface area contributed by atoms with Crippen molar-refractivity contribution in [3.8, 4) is 0 Å². The maximum Gasteiger partial charge on any atom is 0.0294 e. The lowest BCUT2D eigenvalue weighted by molar-refractivity contribution is 0.427. The molecule has 0 heterocycles. The van der Waals surface area contributed by atoms with Gasteiger partial charge in [0.2, 0.25) is 0 Å². The number of nitrogens with two attached hydrogens (primary N) is 1. The Labute approximate surface area is 91.9 Å². The summed E-state index contributed by atoms with van der Waals surface area (Å²) < 4.78 is 0. The van der Waals surface area contributed by atoms with Crippen molar-refractivity contribution in [2.45, 2.75) is 44.3 Å². The molecule has 0 radical (unpaired) electrons. The van der Waals surface area contributed by atoms with Gasteiger partial charge in [0.15, 0.2) is 0 Å². The molecule has 3 atom stereocenters. The summed E-state index contributed by atoms with van der Waals surface area (Å²) in [7, 11) is 0. The Kier molecular flexibility index (Phi) is 3.39. The van der Waals surface area contributed by atoms with E-state index in [1.165, 1.54) is 24.8 Å². The lowest BCUT2D eigenvalue weighted by Gasteiger charge is -2.22. The highest BCUT2D eigenvalue weighted by atomic mass is 15.0. The highest BCUT2D eigenvalue weighted by Crippen LogP contribution is 2.21. The summed E-state index contributed by atoms with van der Waals surface area (Å²) in [5.41, 5.74) is 7.39. The van der Waals surface area contributed by atoms with E-state index >= 15 is 0 Å². The Morgan fingerprint density at radius 1 is 1.27 bits per heavy atom. The minimum Gasteiger partial charge on any atom is -0.326 e. The number of rotatable bonds is 3. The summed E-state index contributed by atoms with van der Waals surface area (Å²) in [6.07, 6.45) is 3.65. The minimum absolute atomic E-state index is 0.344. The molecular weight excluding hydrogens is 184 g/mol. The van der Waals surface area contributed by atoms with E-state index in [0.29, 0.717) is 18.1 Å². The molecule has 0 bridgehead atoms. The Morgan fingerprint density at radius 3 is 2.60 bits per heavy atom. The summed E-state index contributed by atoms with van der Waals surface area (Å²) in [6.45, 7) is 2.21. The maximum atomic E-state index is 6.04. The molecule has 1 aromatic carbocycles. The highest BCUT2D eigenvalue weighted by Gasteiger charge is 2.24. The second-order valence-electron chi connectivity index (χ2n) is 4.50. The molecule has 0 aliphatic heterocycles. The van der Waals surface area contributed by atoms with Gasteiger partial charge in [0, 0.05) is 18.1 Å². The van der Waals surface area contributed by atoms with E-state index in [1.807, 2.05) is 0 Å². The molecule has 2 heteroatoms. The molecule has 1 aromatic rings. The third kappa shape index (κ3) is 2.58. The average Bonchev–Trinajstić information content (AvgIpc) is 2.66. The Morgan fingerprint density at radius 2 is 2.00 bits per heavy atom. The lowest BCUT2D eigenvalue weighted by Crippen LogP contribution is -2.41. The Bertz CT molecular complexity index is 297. The van der Waals surface area contributed by atoms with Crippen molar-refractivity contribution in [2.75, 3.05) is 0 Å². The molecule has 1 aliphatic carbocycles. The summed E-state index contributed by atoms with van der Waals surface area (Å²) in [4.78, 5) is 0. The largest absolute Gasteiger partial charge is 0.326 e. The van der Waals surface area contributed by atoms with Crippen molar-refractivity contribution in [1.29, 1.82) is 0 Å². The van der Waals surface area contributed by atoms with Crippen LogP contribution in [0.4, 0.5) is 0 Å². The van der Waals surface area contributed by atoms with Crippen molar-refractivity contribution in [3.63, 3.8) is 0 Å². The van der Waals surface area contributed by atoms with E-state index in [0.717, 1.165) is 0 Å². The summed E-state index contributed by atoms with van der Waals surface area (Å²) in [6, 6.07) is 11.8. The lowest BCUT2D eigenvalue weighted by atomic mass is 10.1. The SMILES string of the molecule is CC(NC1CCCC1N)c1ccccc1. The zero-order valence-electron chi connectivity index (χ0n) is 9.32. The molecule has 0 spiro atoms. The predicted molar refractivity (Wildman–Crippen MR) is 63.6 cm³/mol. The van der Waals surface area contributed by atoms with Gasteiger partial charge in [-0.3, -0.25) is 0 Å². The maximum absolute atomic E-state index is 6.04. The summed E-state index contributed by atoms with van der Waals surface area (Å²) in [5, 5.41) is 3.62. The van der Waals surface area contributed by atoms with Gasteiger partial charge in [0.05, 0.1) is 0 Å². The first-order valence-corrected chi connectivity index (χ1v) is 5.84. The molecular formula is C13H20N2. The first-order valence-electron chi connectivity index (χ1n) is 5.84. The molecule has 82 valence electrons. The van der Waals surface area contributed by atoms with E-state index in [1.54, 1.807) is 0 Å². The molecule has 2 rings (SSSR count). The monoisotopic (exact) mass is 204 g/mol. The van der Waals surface area contributed by atoms with Crippen molar-refractivity contribution < 1.29 is 0 Å². The molecule has 15 heavy (non-hydrogen) atoms. The smallest absolute Gasteiger partial charge is 0.0294 e. The third-order valence-electron chi connectivity index (χ3n) is 3.33. The Balaban J connectivity index is 1.95. The van der Waals surface area contributed by atoms with Crippen LogP contribution in [-0.4, -0.2) is 12.1 Å². The number of hydrogen-bond acceptors (Lipinski definition) is 2. The quantitative estimate of drug-likeness (QED) is 0.792. The van der Waals surface area contributed by atoms with E-state index < -0.39 is 0 Å². The Hall–Kier alpha value is -0.860. The van der Waals surface area contributed by atoms with Crippen LogP contribution in [0.3, 0.4) is 0 Å². The molecule has 1 aliphatic rings. The van der Waals surface area contributed by atoms with E-state index in [-0.39, 0.29) is 0 Å². The second-order valence-corrected chi connectivity index (χ2v) is 4.50. The zero-order valence-corrected chi connectivity index (χ0v) is 9.32. The predicted octanol–water partition coefficient (Wildman–Crippen LogP) is 2.22. The van der Waals surface area contributed by atoms with Crippen molar-refractivity contribution >= 4 is 0 Å². The first kappa shape index (κ1) is 10.7. The molecule has 0 amide bonds. The molecule has 0 saturated heterocycles. The fraction of sp³-hybridized carbons (Fsp3) is 0.538. The van der Waals surface area contributed by atoms with Crippen LogP contribution >= 0.6 is 0 Å². The van der Waals surface area contributed by atoms with Crippen LogP contribution in [0.25, 0.3) is 0 Å². The van der Waals surface area contributed by atoms with Crippen LogP contribution in [0.2, 0.25) is 0 Å². The van der Waals surface area contributed by atoms with Crippen molar-refractivity contribution in [2.24, 2.45) is 5.73 Å². The number of benzene rings is 1. The summed E-state index contributed by atoms with van der Waals surface area (Å²) >= 11 is 0. The van der Waals surface area contributed by atoms with E-state index in [9.17, 15) is 0 Å². The number of nitrogens with one attached hydrogen (secondary N) is 1. The van der Waals surface area contributed by atoms with Gasteiger partial charge in [-0.2, -0.15) is 0 Å². The van der Waals surface area contributed by atoms with Crippen LogP contribution in [0.15, 0.2) is 30.3 Å². The normalized spacial score (nSPS) is 27.9. The van der Waals surface area contributed by atoms with Crippen LogP contribution in [0.1, 0.15) is 37.8 Å². The fourth-order valence-electron chi connectivity index (χ4n) is 2.35. The third-order valence-corrected chi connectivity index (χ3v) is 3.33. The topological polar surface area (TPSA) is 38.0 Å².